The fourth-order valence-corrected chi connectivity index (χ4v) is 2.70. The summed E-state index contributed by atoms with van der Waals surface area (Å²) in [7, 11) is 0. The van der Waals surface area contributed by atoms with Crippen LogP contribution in [0, 0.1) is 10.8 Å². The molecule has 0 aromatic carbocycles. The molecule has 3 rings (SSSR count). The molecule has 0 spiro atoms. The summed E-state index contributed by atoms with van der Waals surface area (Å²) in [6.07, 6.45) is 4.21. The van der Waals surface area contributed by atoms with Gasteiger partial charge < -0.3 is 15.4 Å². The van der Waals surface area contributed by atoms with Crippen molar-refractivity contribution < 1.29 is 5.11 Å². The summed E-state index contributed by atoms with van der Waals surface area (Å²) in [5, 5.41) is 9.42. The maximum absolute atomic E-state index is 9.42. The first-order valence-electron chi connectivity index (χ1n) is 6.01. The summed E-state index contributed by atoms with van der Waals surface area (Å²) in [5.41, 5.74) is 7.26. The standard InChI is InChI=1S/C12H17N5O/c1-11(3-12(11,2)5-18)4-17-7-16-8-9(13)14-6-15-10(8)17/h6-7,18H,3-5H2,1-2H3,(H2,13,14,15). The van der Waals surface area contributed by atoms with E-state index in [0.29, 0.717) is 11.3 Å². The summed E-state index contributed by atoms with van der Waals surface area (Å²) in [4.78, 5) is 12.4. The molecule has 2 unspecified atom stereocenters. The van der Waals surface area contributed by atoms with Crippen LogP contribution in [-0.2, 0) is 6.54 Å². The van der Waals surface area contributed by atoms with Gasteiger partial charge in [0.1, 0.15) is 11.8 Å². The Bertz CT molecular complexity index is 610. The van der Waals surface area contributed by atoms with E-state index in [1.165, 1.54) is 6.33 Å². The van der Waals surface area contributed by atoms with Crippen LogP contribution in [0.4, 0.5) is 5.82 Å². The summed E-state index contributed by atoms with van der Waals surface area (Å²) >= 11 is 0. The van der Waals surface area contributed by atoms with Gasteiger partial charge in [0.05, 0.1) is 6.33 Å². The zero-order valence-corrected chi connectivity index (χ0v) is 10.6. The van der Waals surface area contributed by atoms with E-state index in [1.807, 2.05) is 4.57 Å². The van der Waals surface area contributed by atoms with Crippen LogP contribution in [0.25, 0.3) is 11.2 Å². The summed E-state index contributed by atoms with van der Waals surface area (Å²) < 4.78 is 1.99. The number of fused-ring (bicyclic) bond motifs is 1. The zero-order valence-electron chi connectivity index (χ0n) is 10.6. The van der Waals surface area contributed by atoms with E-state index >= 15 is 0 Å². The lowest BCUT2D eigenvalue weighted by atomic mass is 9.97. The van der Waals surface area contributed by atoms with Crippen LogP contribution in [0.1, 0.15) is 20.3 Å². The number of anilines is 1. The minimum Gasteiger partial charge on any atom is -0.396 e. The van der Waals surface area contributed by atoms with Crippen LogP contribution >= 0.6 is 0 Å². The highest BCUT2D eigenvalue weighted by atomic mass is 16.3. The molecule has 1 saturated carbocycles. The second-order valence-corrected chi connectivity index (χ2v) is 5.76. The van der Waals surface area contributed by atoms with Crippen LogP contribution in [0.15, 0.2) is 12.7 Å². The number of imidazole rings is 1. The lowest BCUT2D eigenvalue weighted by Gasteiger charge is -2.17. The van der Waals surface area contributed by atoms with Crippen molar-refractivity contribution >= 4 is 17.0 Å². The Labute approximate surface area is 105 Å². The maximum atomic E-state index is 9.42. The Morgan fingerprint density at radius 3 is 2.78 bits per heavy atom. The molecule has 2 heterocycles. The van der Waals surface area contributed by atoms with Gasteiger partial charge in [-0.25, -0.2) is 15.0 Å². The van der Waals surface area contributed by atoms with Gasteiger partial charge in [0.2, 0.25) is 0 Å². The fraction of sp³-hybridized carbons (Fsp3) is 0.583. The number of rotatable bonds is 3. The first-order valence-corrected chi connectivity index (χ1v) is 6.01. The van der Waals surface area contributed by atoms with Crippen molar-refractivity contribution in [3.05, 3.63) is 12.7 Å². The molecule has 1 aliphatic carbocycles. The lowest BCUT2D eigenvalue weighted by Crippen LogP contribution is -2.18. The largest absolute Gasteiger partial charge is 0.396 e. The van der Waals surface area contributed by atoms with Gasteiger partial charge in [0.25, 0.3) is 0 Å². The molecule has 0 saturated heterocycles. The second kappa shape index (κ2) is 3.41. The van der Waals surface area contributed by atoms with Crippen molar-refractivity contribution in [3.63, 3.8) is 0 Å². The number of nitrogen functional groups attached to an aromatic ring is 1. The third kappa shape index (κ3) is 1.42. The Kier molecular flexibility index (Phi) is 2.16. The van der Waals surface area contributed by atoms with Gasteiger partial charge in [0.15, 0.2) is 11.5 Å². The van der Waals surface area contributed by atoms with Crippen LogP contribution in [0.3, 0.4) is 0 Å². The van der Waals surface area contributed by atoms with Crippen molar-refractivity contribution in [2.75, 3.05) is 12.3 Å². The number of nitrogens with two attached hydrogens (primary N) is 1. The lowest BCUT2D eigenvalue weighted by molar-refractivity contribution is 0.182. The van der Waals surface area contributed by atoms with Gasteiger partial charge >= 0.3 is 0 Å². The third-order valence-corrected chi connectivity index (χ3v) is 4.41. The Hall–Kier alpha value is -1.69. The topological polar surface area (TPSA) is 89.8 Å². The van der Waals surface area contributed by atoms with Crippen LogP contribution < -0.4 is 5.73 Å². The molecule has 6 heteroatoms. The molecule has 2 aromatic heterocycles. The average Bonchev–Trinajstić information content (AvgIpc) is 2.70. The monoisotopic (exact) mass is 247 g/mol. The number of aromatic nitrogens is 4. The molecular formula is C12H17N5O. The molecule has 0 radical (unpaired) electrons. The Morgan fingerprint density at radius 1 is 1.33 bits per heavy atom. The van der Waals surface area contributed by atoms with Gasteiger partial charge in [-0.1, -0.05) is 13.8 Å². The molecular weight excluding hydrogens is 230 g/mol. The number of hydrogen-bond donors (Lipinski definition) is 2. The van der Waals surface area contributed by atoms with Gasteiger partial charge in [-0.15, -0.1) is 0 Å². The molecule has 0 amide bonds. The summed E-state index contributed by atoms with van der Waals surface area (Å²) in [6, 6.07) is 0. The Morgan fingerprint density at radius 2 is 2.11 bits per heavy atom. The molecule has 2 aromatic rings. The quantitative estimate of drug-likeness (QED) is 0.838. The number of aliphatic hydroxyl groups is 1. The summed E-state index contributed by atoms with van der Waals surface area (Å²) in [5.74, 6) is 0.407. The van der Waals surface area contributed by atoms with E-state index in [0.717, 1.165) is 18.6 Å². The zero-order chi connectivity index (χ0) is 13.0. The molecule has 96 valence electrons. The normalized spacial score (nSPS) is 30.8. The minimum atomic E-state index is 0.00215. The summed E-state index contributed by atoms with van der Waals surface area (Å²) in [6.45, 7) is 5.29. The highest BCUT2D eigenvalue weighted by molar-refractivity contribution is 5.81. The third-order valence-electron chi connectivity index (χ3n) is 4.41. The number of aliphatic hydroxyl groups excluding tert-OH is 1. The maximum Gasteiger partial charge on any atom is 0.165 e. The van der Waals surface area contributed by atoms with Gasteiger partial charge in [-0.2, -0.15) is 0 Å². The van der Waals surface area contributed by atoms with Crippen molar-refractivity contribution in [1.82, 2.24) is 19.5 Å². The van der Waals surface area contributed by atoms with Gasteiger partial charge in [-0.3, -0.25) is 0 Å². The minimum absolute atomic E-state index is 0.00215. The van der Waals surface area contributed by atoms with Crippen LogP contribution in [0.2, 0.25) is 0 Å². The first-order chi connectivity index (χ1) is 8.49. The highest BCUT2D eigenvalue weighted by Gasteiger charge is 2.60. The SMILES string of the molecule is CC1(CO)CC1(C)Cn1cnc2c(N)ncnc21. The average molecular weight is 247 g/mol. The van der Waals surface area contributed by atoms with Crippen molar-refractivity contribution in [3.8, 4) is 0 Å². The van der Waals surface area contributed by atoms with E-state index < -0.39 is 0 Å². The second-order valence-electron chi connectivity index (χ2n) is 5.76. The van der Waals surface area contributed by atoms with Crippen LogP contribution in [0.5, 0.6) is 0 Å². The smallest absolute Gasteiger partial charge is 0.165 e. The molecule has 2 atom stereocenters. The van der Waals surface area contributed by atoms with E-state index in [-0.39, 0.29) is 17.4 Å². The molecule has 1 aliphatic rings. The molecule has 0 bridgehead atoms. The van der Waals surface area contributed by atoms with Crippen molar-refractivity contribution in [2.24, 2.45) is 10.8 Å². The van der Waals surface area contributed by atoms with Gasteiger partial charge in [0, 0.05) is 13.2 Å². The Balaban J connectivity index is 1.96. The van der Waals surface area contributed by atoms with E-state index in [1.54, 1.807) is 6.33 Å². The first kappa shape index (κ1) is 11.4. The molecule has 18 heavy (non-hydrogen) atoms. The highest BCUT2D eigenvalue weighted by Crippen LogP contribution is 2.64. The molecule has 6 nitrogen and oxygen atoms in total. The predicted molar refractivity (Wildman–Crippen MR) is 67.7 cm³/mol. The molecule has 0 aliphatic heterocycles. The van der Waals surface area contributed by atoms with Crippen LogP contribution in [-0.4, -0.2) is 31.2 Å². The fourth-order valence-electron chi connectivity index (χ4n) is 2.70. The predicted octanol–water partition coefficient (Wildman–Crippen LogP) is 0.817. The van der Waals surface area contributed by atoms with E-state index in [9.17, 15) is 5.11 Å². The van der Waals surface area contributed by atoms with Crippen molar-refractivity contribution in [1.29, 1.82) is 0 Å². The number of hydrogen-bond acceptors (Lipinski definition) is 5. The molecule has 1 fully saturated rings. The van der Waals surface area contributed by atoms with E-state index in [2.05, 4.69) is 28.8 Å². The van der Waals surface area contributed by atoms with Crippen molar-refractivity contribution in [2.45, 2.75) is 26.8 Å². The van der Waals surface area contributed by atoms with E-state index in [4.69, 9.17) is 5.73 Å². The molecule has 3 N–H and O–H groups in total. The van der Waals surface area contributed by atoms with Gasteiger partial charge in [-0.05, 0) is 17.3 Å². The number of nitrogens with zero attached hydrogens (tertiary/aromatic N) is 4.